The van der Waals surface area contributed by atoms with Crippen LogP contribution >= 0.6 is 0 Å². The molecule has 1 aliphatic carbocycles. The summed E-state index contributed by atoms with van der Waals surface area (Å²) in [5.41, 5.74) is 0.763. The van der Waals surface area contributed by atoms with E-state index in [0.29, 0.717) is 17.8 Å². The minimum atomic E-state index is -0.133. The Balaban J connectivity index is 1.59. The van der Waals surface area contributed by atoms with E-state index < -0.39 is 0 Å². The Morgan fingerprint density at radius 3 is 2.96 bits per heavy atom. The fourth-order valence-electron chi connectivity index (χ4n) is 2.78. The zero-order valence-electron chi connectivity index (χ0n) is 14.3. The lowest BCUT2D eigenvalue weighted by atomic mass is 10.2. The van der Waals surface area contributed by atoms with E-state index in [4.69, 9.17) is 0 Å². The van der Waals surface area contributed by atoms with Gasteiger partial charge >= 0.3 is 0 Å². The number of fused-ring (bicyclic) bond motifs is 1. The minimum absolute atomic E-state index is 0.000851. The topological polar surface area (TPSA) is 117 Å². The van der Waals surface area contributed by atoms with E-state index in [1.54, 1.807) is 10.9 Å². The molecule has 0 bridgehead atoms. The highest BCUT2D eigenvalue weighted by atomic mass is 16.3. The van der Waals surface area contributed by atoms with Crippen LogP contribution < -0.4 is 10.6 Å². The highest BCUT2D eigenvalue weighted by Crippen LogP contribution is 2.34. The van der Waals surface area contributed by atoms with Crippen molar-refractivity contribution in [3.63, 3.8) is 0 Å². The molecule has 0 amide bonds. The maximum Gasteiger partial charge on any atom is 0.232 e. The quantitative estimate of drug-likeness (QED) is 0.519. The Morgan fingerprint density at radius 2 is 2.20 bits per heavy atom. The van der Waals surface area contributed by atoms with Crippen LogP contribution in [0.3, 0.4) is 0 Å². The Hall–Kier alpha value is -2.68. The van der Waals surface area contributed by atoms with E-state index in [-0.39, 0.29) is 12.6 Å². The van der Waals surface area contributed by atoms with Crippen LogP contribution in [-0.4, -0.2) is 47.7 Å². The molecule has 25 heavy (non-hydrogen) atoms. The van der Waals surface area contributed by atoms with Crippen LogP contribution in [0.1, 0.15) is 32.7 Å². The fraction of sp³-hybridized carbons (Fsp3) is 0.500. The number of aromatic nitrogens is 6. The first kappa shape index (κ1) is 15.8. The van der Waals surface area contributed by atoms with E-state index in [1.807, 2.05) is 19.2 Å². The van der Waals surface area contributed by atoms with Crippen molar-refractivity contribution in [1.29, 1.82) is 0 Å². The molecule has 4 N–H and O–H groups in total. The van der Waals surface area contributed by atoms with E-state index in [1.165, 1.54) is 12.8 Å². The molecule has 1 aliphatic rings. The molecule has 0 aromatic carbocycles. The molecule has 9 heteroatoms. The number of anilines is 3. The smallest absolute Gasteiger partial charge is 0.232 e. The molecular weight excluding hydrogens is 320 g/mol. The molecule has 3 aromatic heterocycles. The van der Waals surface area contributed by atoms with Crippen molar-refractivity contribution in [3.05, 3.63) is 18.5 Å². The molecule has 0 unspecified atom stereocenters. The zero-order valence-corrected chi connectivity index (χ0v) is 14.3. The lowest BCUT2D eigenvalue weighted by Crippen LogP contribution is -2.18. The number of aliphatic hydroxyl groups is 1. The van der Waals surface area contributed by atoms with Crippen LogP contribution in [0.15, 0.2) is 18.5 Å². The summed E-state index contributed by atoms with van der Waals surface area (Å²) in [6.45, 7) is 4.05. The Morgan fingerprint density at radius 1 is 1.36 bits per heavy atom. The third-order valence-electron chi connectivity index (χ3n) is 4.58. The number of hydrogen-bond acceptors (Lipinski definition) is 7. The highest BCUT2D eigenvalue weighted by molar-refractivity contribution is 5.88. The second kappa shape index (κ2) is 6.32. The van der Waals surface area contributed by atoms with Gasteiger partial charge in [0.15, 0.2) is 5.82 Å². The van der Waals surface area contributed by atoms with Crippen molar-refractivity contribution >= 4 is 28.6 Å². The molecular formula is C16H22N8O. The third-order valence-corrected chi connectivity index (χ3v) is 4.58. The van der Waals surface area contributed by atoms with Gasteiger partial charge in [0.05, 0.1) is 24.2 Å². The molecule has 0 spiro atoms. The first-order valence-electron chi connectivity index (χ1n) is 8.55. The predicted octanol–water partition coefficient (Wildman–Crippen LogP) is 2.06. The van der Waals surface area contributed by atoms with Crippen LogP contribution in [0.2, 0.25) is 0 Å². The lowest BCUT2D eigenvalue weighted by Gasteiger charge is -2.15. The molecule has 0 aliphatic heterocycles. The summed E-state index contributed by atoms with van der Waals surface area (Å²) < 4.78 is 1.60. The maximum absolute atomic E-state index is 9.21. The van der Waals surface area contributed by atoms with Crippen molar-refractivity contribution in [2.24, 2.45) is 5.92 Å². The molecule has 2 atom stereocenters. The normalized spacial score (nSPS) is 16.8. The van der Waals surface area contributed by atoms with Gasteiger partial charge in [-0.15, -0.1) is 5.10 Å². The molecule has 1 saturated carbocycles. The van der Waals surface area contributed by atoms with Crippen molar-refractivity contribution in [3.8, 4) is 0 Å². The standard InChI is InChI=1S/C16H22N8O/c1-9(8-25)24-7-13(22-23-24)19-16-20-14-12(5-6-17-14)15(21-16)18-10(2)11-3-4-11/h5-7,9-11,25H,3-4,8H2,1-2H3,(H3,17,18,19,20,21)/t9-,10-/m1/s1. The minimum Gasteiger partial charge on any atom is -0.394 e. The van der Waals surface area contributed by atoms with Gasteiger partial charge in [-0.3, -0.25) is 0 Å². The maximum atomic E-state index is 9.21. The number of aliphatic hydroxyl groups excluding tert-OH is 1. The first-order chi connectivity index (χ1) is 12.1. The summed E-state index contributed by atoms with van der Waals surface area (Å²) >= 11 is 0. The van der Waals surface area contributed by atoms with Crippen LogP contribution in [0.25, 0.3) is 11.0 Å². The lowest BCUT2D eigenvalue weighted by molar-refractivity contribution is 0.228. The molecule has 132 valence electrons. The van der Waals surface area contributed by atoms with E-state index in [9.17, 15) is 5.11 Å². The summed E-state index contributed by atoms with van der Waals surface area (Å²) in [7, 11) is 0. The molecule has 0 radical (unpaired) electrons. The molecule has 9 nitrogen and oxygen atoms in total. The summed E-state index contributed by atoms with van der Waals surface area (Å²) in [6, 6.07) is 2.22. The van der Waals surface area contributed by atoms with Gasteiger partial charge in [0.2, 0.25) is 5.95 Å². The fourth-order valence-corrected chi connectivity index (χ4v) is 2.78. The van der Waals surface area contributed by atoms with Gasteiger partial charge in [-0.25, -0.2) is 4.68 Å². The third kappa shape index (κ3) is 3.27. The molecule has 4 rings (SSSR count). The number of aromatic amines is 1. The van der Waals surface area contributed by atoms with Crippen molar-refractivity contribution in [2.45, 2.75) is 38.8 Å². The van der Waals surface area contributed by atoms with Crippen molar-refractivity contribution in [1.82, 2.24) is 29.9 Å². The van der Waals surface area contributed by atoms with E-state index in [2.05, 4.69) is 42.8 Å². The van der Waals surface area contributed by atoms with Crippen molar-refractivity contribution < 1.29 is 5.11 Å². The second-order valence-corrected chi connectivity index (χ2v) is 6.65. The van der Waals surface area contributed by atoms with Crippen LogP contribution in [0, 0.1) is 5.92 Å². The number of rotatable bonds is 7. The number of H-pyrrole nitrogens is 1. The Labute approximate surface area is 144 Å². The summed E-state index contributed by atoms with van der Waals surface area (Å²) in [5.74, 6) is 2.51. The van der Waals surface area contributed by atoms with Gasteiger partial charge in [-0.2, -0.15) is 9.97 Å². The Bertz CT molecular complexity index is 868. The van der Waals surface area contributed by atoms with Crippen LogP contribution in [-0.2, 0) is 0 Å². The summed E-state index contributed by atoms with van der Waals surface area (Å²) in [4.78, 5) is 12.2. The van der Waals surface area contributed by atoms with Gasteiger partial charge in [-0.1, -0.05) is 5.21 Å². The van der Waals surface area contributed by atoms with Crippen molar-refractivity contribution in [2.75, 3.05) is 17.2 Å². The SMILES string of the molecule is C[C@H](CO)n1cc(Nc2nc(N[C@H](C)C3CC3)c3cc[nH]c3n2)nn1. The second-order valence-electron chi connectivity index (χ2n) is 6.65. The monoisotopic (exact) mass is 342 g/mol. The van der Waals surface area contributed by atoms with E-state index in [0.717, 1.165) is 22.8 Å². The summed E-state index contributed by atoms with van der Waals surface area (Å²) in [5, 5.41) is 24.8. The number of nitrogens with one attached hydrogen (secondary N) is 3. The van der Waals surface area contributed by atoms with Gasteiger partial charge in [0.25, 0.3) is 0 Å². The van der Waals surface area contributed by atoms with Gasteiger partial charge < -0.3 is 20.7 Å². The highest BCUT2D eigenvalue weighted by Gasteiger charge is 2.28. The van der Waals surface area contributed by atoms with E-state index >= 15 is 0 Å². The average Bonchev–Trinajstić information content (AvgIpc) is 3.18. The predicted molar refractivity (Wildman–Crippen MR) is 94.8 cm³/mol. The van der Waals surface area contributed by atoms with Gasteiger partial charge in [0, 0.05) is 12.2 Å². The van der Waals surface area contributed by atoms with Crippen LogP contribution in [0.5, 0.6) is 0 Å². The molecule has 0 saturated heterocycles. The number of hydrogen-bond donors (Lipinski definition) is 4. The summed E-state index contributed by atoms with van der Waals surface area (Å²) in [6.07, 6.45) is 6.12. The largest absolute Gasteiger partial charge is 0.394 e. The van der Waals surface area contributed by atoms with Crippen LogP contribution in [0.4, 0.5) is 17.6 Å². The number of nitrogens with zero attached hydrogens (tertiary/aromatic N) is 5. The first-order valence-corrected chi connectivity index (χ1v) is 8.55. The zero-order chi connectivity index (χ0) is 17.4. The molecule has 1 fully saturated rings. The van der Waals surface area contributed by atoms with Gasteiger partial charge in [-0.05, 0) is 38.7 Å². The molecule has 3 heterocycles. The average molecular weight is 342 g/mol. The molecule has 3 aromatic rings. The Kier molecular flexibility index (Phi) is 4.00. The van der Waals surface area contributed by atoms with Gasteiger partial charge in [0.1, 0.15) is 11.5 Å².